The Hall–Kier alpha value is -3.46. The van der Waals surface area contributed by atoms with Crippen LogP contribution in [0.3, 0.4) is 0 Å². The van der Waals surface area contributed by atoms with Crippen LogP contribution in [-0.2, 0) is 0 Å². The number of halogens is 3. The Morgan fingerprint density at radius 2 is 1.96 bits per heavy atom. The molecule has 2 aromatic heterocycles. The largest absolute Gasteiger partial charge is 0.491 e. The van der Waals surface area contributed by atoms with E-state index in [2.05, 4.69) is 22.9 Å². The van der Waals surface area contributed by atoms with Crippen LogP contribution in [0.1, 0.15) is 56.9 Å². The van der Waals surface area contributed by atoms with Gasteiger partial charge in [0.1, 0.15) is 34.3 Å². The summed E-state index contributed by atoms with van der Waals surface area (Å²) >= 11 is 8.03. The van der Waals surface area contributed by atoms with Crippen LogP contribution in [0, 0.1) is 28.9 Å². The predicted octanol–water partition coefficient (Wildman–Crippen LogP) is 7.29. The number of nitriles is 1. The highest BCUT2D eigenvalue weighted by molar-refractivity contribution is 7.23. The minimum Gasteiger partial charge on any atom is -0.491 e. The number of hydrogen-bond donors (Lipinski definition) is 1. The second kappa shape index (κ2) is 11.1. The molecule has 2 saturated heterocycles. The van der Waals surface area contributed by atoms with Crippen molar-refractivity contribution in [3.8, 4) is 29.0 Å². The zero-order valence-corrected chi connectivity index (χ0v) is 26.5. The van der Waals surface area contributed by atoms with Gasteiger partial charge in [0.2, 0.25) is 0 Å². The van der Waals surface area contributed by atoms with Crippen LogP contribution in [0.2, 0.25) is 5.02 Å². The fourth-order valence-corrected chi connectivity index (χ4v) is 9.36. The molecule has 0 saturated carbocycles. The number of anilines is 2. The van der Waals surface area contributed by atoms with Crippen molar-refractivity contribution in [1.82, 2.24) is 14.9 Å². The van der Waals surface area contributed by atoms with Crippen LogP contribution in [0.5, 0.6) is 11.8 Å². The van der Waals surface area contributed by atoms with Gasteiger partial charge in [-0.1, -0.05) is 24.1 Å². The van der Waals surface area contributed by atoms with Gasteiger partial charge in [-0.15, -0.1) is 11.3 Å². The van der Waals surface area contributed by atoms with Gasteiger partial charge in [0.15, 0.2) is 11.6 Å². The summed E-state index contributed by atoms with van der Waals surface area (Å²) in [4.78, 5) is 14.3. The Morgan fingerprint density at radius 1 is 1.11 bits per heavy atom. The van der Waals surface area contributed by atoms with Crippen molar-refractivity contribution in [3.05, 3.63) is 34.4 Å². The number of nitrogens with zero attached hydrogens (tertiary/aromatic N) is 5. The third-order valence-electron chi connectivity index (χ3n) is 10.2. The lowest BCUT2D eigenvalue weighted by Crippen LogP contribution is -2.40. The van der Waals surface area contributed by atoms with Crippen molar-refractivity contribution < 1.29 is 18.3 Å². The molecule has 2 aromatic carbocycles. The zero-order chi connectivity index (χ0) is 31.0. The zero-order valence-electron chi connectivity index (χ0n) is 24.9. The molecule has 4 atom stereocenters. The smallest absolute Gasteiger partial charge is 0.319 e. The molecule has 4 aliphatic rings. The van der Waals surface area contributed by atoms with Crippen molar-refractivity contribution in [3.63, 3.8) is 0 Å². The van der Waals surface area contributed by atoms with E-state index in [1.807, 2.05) is 0 Å². The Kier molecular flexibility index (Phi) is 7.15. The Bertz CT molecular complexity index is 1900. The first kappa shape index (κ1) is 29.0. The van der Waals surface area contributed by atoms with Crippen molar-refractivity contribution in [2.75, 3.05) is 37.4 Å². The molecule has 4 bridgehead atoms. The van der Waals surface area contributed by atoms with E-state index >= 15 is 4.39 Å². The van der Waals surface area contributed by atoms with E-state index in [1.54, 1.807) is 0 Å². The first-order chi connectivity index (χ1) is 21.8. The minimum absolute atomic E-state index is 0.0151. The lowest BCUT2D eigenvalue weighted by Gasteiger charge is -2.32. The maximum Gasteiger partial charge on any atom is 0.319 e. The Balaban J connectivity index is 1.40. The average Bonchev–Trinajstić information content (AvgIpc) is 3.72. The third-order valence-corrected chi connectivity index (χ3v) is 11.6. The standard InChI is InChI=1S/C33H33ClF2N6O2S/c1-41-11-4-6-21(41)22-7-3-2-5-16-13-17-10-12-43-29-25-28(39-33(44-22)40-32(25)42(17)15-16)27(36)24(26(29)34)18-8-9-20(35)30-23(18)19(14-37)31(38)45-30/h8-9,16-17,21-22H,2-7,10-13,15,38H2,1H3. The fourth-order valence-electron chi connectivity index (χ4n) is 8.08. The number of rotatable bonds is 2. The van der Waals surface area contributed by atoms with Gasteiger partial charge in [-0.3, -0.25) is 4.90 Å². The molecule has 2 fully saturated rings. The second-order valence-electron chi connectivity index (χ2n) is 12.8. The molecule has 45 heavy (non-hydrogen) atoms. The SMILES string of the molecule is CN1CCCC1C1CCCCC2CC3CCOc4c(Cl)c(-c5ccc(F)c6sc(N)c(C#N)c56)c(F)c5nc(nc(c45)N3C2)O1. The molecule has 4 aromatic rings. The number of aromatic nitrogens is 2. The minimum atomic E-state index is -0.702. The van der Waals surface area contributed by atoms with Crippen LogP contribution in [0.4, 0.5) is 19.6 Å². The van der Waals surface area contributed by atoms with E-state index in [9.17, 15) is 9.65 Å². The number of nitrogen functional groups attached to an aromatic ring is 1. The van der Waals surface area contributed by atoms with E-state index in [0.29, 0.717) is 23.7 Å². The number of likely N-dealkylation sites (N-methyl/N-ethyl adjacent to an activating group) is 1. The summed E-state index contributed by atoms with van der Waals surface area (Å²) in [5.74, 6) is 0.107. The number of nitrogens with two attached hydrogens (primary N) is 1. The Labute approximate surface area is 268 Å². The average molecular weight is 651 g/mol. The number of fused-ring (bicyclic) bond motifs is 3. The van der Waals surface area contributed by atoms with E-state index in [0.717, 1.165) is 75.8 Å². The normalized spacial score (nSPS) is 25.1. The van der Waals surface area contributed by atoms with Gasteiger partial charge in [-0.05, 0) is 69.7 Å². The van der Waals surface area contributed by atoms with Crippen LogP contribution in [-0.4, -0.2) is 59.8 Å². The quantitative estimate of drug-likeness (QED) is 0.241. The summed E-state index contributed by atoms with van der Waals surface area (Å²) in [5.41, 5.74) is 6.47. The molecule has 0 amide bonds. The molecular formula is C33H33ClF2N6O2S. The van der Waals surface area contributed by atoms with E-state index in [1.165, 1.54) is 12.1 Å². The summed E-state index contributed by atoms with van der Waals surface area (Å²) < 4.78 is 45.3. The highest BCUT2D eigenvalue weighted by atomic mass is 35.5. The monoisotopic (exact) mass is 650 g/mol. The van der Waals surface area contributed by atoms with Gasteiger partial charge in [0, 0.05) is 36.0 Å². The van der Waals surface area contributed by atoms with Crippen LogP contribution >= 0.6 is 22.9 Å². The lowest BCUT2D eigenvalue weighted by atomic mass is 9.95. The summed E-state index contributed by atoms with van der Waals surface area (Å²) in [6, 6.07) is 5.31. The summed E-state index contributed by atoms with van der Waals surface area (Å²) in [6.07, 6.45) is 7.94. The number of benzene rings is 2. The number of thiophene rings is 1. The maximum absolute atomic E-state index is 17.2. The molecule has 12 heteroatoms. The topological polar surface area (TPSA) is 101 Å². The molecule has 234 valence electrons. The van der Waals surface area contributed by atoms with Crippen LogP contribution in [0.15, 0.2) is 12.1 Å². The maximum atomic E-state index is 17.2. The fraction of sp³-hybridized carbons (Fsp3) is 0.485. The number of hydrogen-bond acceptors (Lipinski definition) is 9. The second-order valence-corrected chi connectivity index (χ2v) is 14.2. The molecule has 4 unspecified atom stereocenters. The summed E-state index contributed by atoms with van der Waals surface area (Å²) in [6.45, 7) is 2.20. The predicted molar refractivity (Wildman–Crippen MR) is 172 cm³/mol. The number of likely N-dealkylation sites (tertiary alicyclic amines) is 1. The van der Waals surface area contributed by atoms with Gasteiger partial charge in [-0.2, -0.15) is 15.2 Å². The van der Waals surface area contributed by atoms with Gasteiger partial charge in [-0.25, -0.2) is 8.78 Å². The third kappa shape index (κ3) is 4.59. The summed E-state index contributed by atoms with van der Waals surface area (Å²) in [5, 5.41) is 10.7. The van der Waals surface area contributed by atoms with Crippen LogP contribution in [0.25, 0.3) is 32.1 Å². The highest BCUT2D eigenvalue weighted by Gasteiger charge is 2.39. The van der Waals surface area contributed by atoms with Gasteiger partial charge >= 0.3 is 6.01 Å². The molecule has 6 heterocycles. The van der Waals surface area contributed by atoms with E-state index in [4.69, 9.17) is 36.8 Å². The van der Waals surface area contributed by atoms with E-state index in [-0.39, 0.29) is 72.3 Å². The lowest BCUT2D eigenvalue weighted by molar-refractivity contribution is 0.0881. The molecule has 8 rings (SSSR count). The first-order valence-electron chi connectivity index (χ1n) is 15.7. The molecule has 2 N–H and O–H groups in total. The van der Waals surface area contributed by atoms with E-state index < -0.39 is 11.6 Å². The van der Waals surface area contributed by atoms with Crippen molar-refractivity contribution >= 4 is 54.7 Å². The molecule has 0 spiro atoms. The number of ether oxygens (including phenoxy) is 2. The van der Waals surface area contributed by atoms with Crippen molar-refractivity contribution in [2.45, 2.75) is 69.6 Å². The van der Waals surface area contributed by atoms with Gasteiger partial charge < -0.3 is 20.1 Å². The van der Waals surface area contributed by atoms with Crippen molar-refractivity contribution in [2.24, 2.45) is 5.92 Å². The molecular weight excluding hydrogens is 618 g/mol. The Morgan fingerprint density at radius 3 is 2.76 bits per heavy atom. The first-order valence-corrected chi connectivity index (χ1v) is 16.9. The molecule has 4 aliphatic heterocycles. The molecule has 0 aliphatic carbocycles. The molecule has 8 nitrogen and oxygen atoms in total. The van der Waals surface area contributed by atoms with Gasteiger partial charge in [0.05, 0.1) is 27.3 Å². The highest BCUT2D eigenvalue weighted by Crippen LogP contribution is 2.52. The molecule has 0 radical (unpaired) electrons. The van der Waals surface area contributed by atoms with Crippen LogP contribution < -0.4 is 20.1 Å². The van der Waals surface area contributed by atoms with Gasteiger partial charge in [0.25, 0.3) is 0 Å². The summed E-state index contributed by atoms with van der Waals surface area (Å²) in [7, 11) is 2.13. The van der Waals surface area contributed by atoms with Crippen molar-refractivity contribution in [1.29, 1.82) is 5.26 Å².